The van der Waals surface area contributed by atoms with Gasteiger partial charge in [0.05, 0.1) is 5.69 Å². The molecule has 1 aromatic heterocycles. The van der Waals surface area contributed by atoms with Crippen molar-refractivity contribution in [3.05, 3.63) is 71.4 Å². The highest BCUT2D eigenvalue weighted by atomic mass is 32.2. The number of nitrogens with two attached hydrogens (primary N) is 2. The fourth-order valence-corrected chi connectivity index (χ4v) is 3.71. The zero-order chi connectivity index (χ0) is 24.6. The van der Waals surface area contributed by atoms with Gasteiger partial charge in [0.2, 0.25) is 5.91 Å². The molecule has 3 rings (SSSR count). The van der Waals surface area contributed by atoms with E-state index >= 15 is 0 Å². The lowest BCUT2D eigenvalue weighted by Gasteiger charge is -2.02. The van der Waals surface area contributed by atoms with E-state index in [2.05, 4.69) is 19.8 Å². The molecule has 0 radical (unpaired) electrons. The molecule has 6 N–H and O–H groups in total. The number of halogens is 1. The number of rotatable bonds is 11. The molecule has 0 atom stereocenters. The van der Waals surface area contributed by atoms with E-state index in [9.17, 15) is 14.0 Å². The Morgan fingerprint density at radius 3 is 2.47 bits per heavy atom. The third-order valence-corrected chi connectivity index (χ3v) is 5.51. The largest absolute Gasteiger partial charge is 0.445 e. The molecule has 1 heterocycles. The number of aromatic nitrogens is 1. The van der Waals surface area contributed by atoms with Crippen molar-refractivity contribution in [2.45, 2.75) is 32.3 Å². The van der Waals surface area contributed by atoms with Crippen molar-refractivity contribution in [2.75, 3.05) is 11.9 Å². The van der Waals surface area contributed by atoms with Gasteiger partial charge in [-0.15, -0.1) is 11.3 Å². The van der Waals surface area contributed by atoms with Gasteiger partial charge in [-0.1, -0.05) is 36.8 Å². The summed E-state index contributed by atoms with van der Waals surface area (Å²) in [5.41, 5.74) is 7.27. The van der Waals surface area contributed by atoms with E-state index in [1.165, 1.54) is 23.5 Å². The number of thiazole rings is 1. The molecule has 0 spiro atoms. The maximum Gasteiger partial charge on any atom is 0.404 e. The predicted molar refractivity (Wildman–Crippen MR) is 135 cm³/mol. The monoisotopic (exact) mass is 505 g/mol. The molecule has 0 aliphatic carbocycles. The van der Waals surface area contributed by atoms with E-state index < -0.39 is 6.09 Å². The number of carbonyl (C=O) groups excluding carboxylic acids is 2. The highest BCUT2D eigenvalue weighted by Crippen LogP contribution is 2.25. The Kier molecular flexibility index (Phi) is 12.6. The van der Waals surface area contributed by atoms with Crippen molar-refractivity contribution in [1.29, 1.82) is 0 Å². The Bertz CT molecular complexity index is 1000. The molecule has 3 aromatic rings. The minimum absolute atomic E-state index is 0.0360. The van der Waals surface area contributed by atoms with Crippen LogP contribution >= 0.6 is 23.5 Å². The van der Waals surface area contributed by atoms with Crippen LogP contribution in [0.5, 0.6) is 0 Å². The summed E-state index contributed by atoms with van der Waals surface area (Å²) in [7, 11) is 0. The fourth-order valence-electron chi connectivity index (χ4n) is 2.71. The topological polar surface area (TPSA) is 132 Å². The molecule has 2 aromatic carbocycles. The Hall–Kier alpha value is -2.99. The molecule has 8 nitrogen and oxygen atoms in total. The summed E-state index contributed by atoms with van der Waals surface area (Å²) in [5.74, 6) is -0.316. The number of anilines is 1. The first-order valence-electron chi connectivity index (χ1n) is 10.5. The van der Waals surface area contributed by atoms with E-state index in [4.69, 9.17) is 10.9 Å². The second kappa shape index (κ2) is 15.8. The molecule has 0 aliphatic rings. The van der Waals surface area contributed by atoms with Gasteiger partial charge in [-0.05, 0) is 42.7 Å². The van der Waals surface area contributed by atoms with E-state index in [1.54, 1.807) is 12.1 Å². The van der Waals surface area contributed by atoms with Crippen LogP contribution < -0.4 is 20.9 Å². The smallest absolute Gasteiger partial charge is 0.404 e. The van der Waals surface area contributed by atoms with Crippen LogP contribution in [0.15, 0.2) is 60.0 Å². The maximum atomic E-state index is 12.9. The van der Waals surface area contributed by atoms with Crippen molar-refractivity contribution < 1.29 is 18.7 Å². The predicted octanol–water partition coefficient (Wildman–Crippen LogP) is 4.84. The zero-order valence-corrected chi connectivity index (χ0v) is 20.2. The van der Waals surface area contributed by atoms with Gasteiger partial charge < -0.3 is 15.8 Å². The number of primary amides is 1. The number of nitrogens with one attached hydrogen (secondary N) is 2. The molecule has 0 unspecified atom stereocenters. The number of hydrogen-bond acceptors (Lipinski definition) is 8. The summed E-state index contributed by atoms with van der Waals surface area (Å²) in [6.45, 7) is 1.09. The summed E-state index contributed by atoms with van der Waals surface area (Å²) in [6.07, 6.45) is 2.53. The van der Waals surface area contributed by atoms with Gasteiger partial charge in [0.1, 0.15) is 12.4 Å². The molecule has 11 heteroatoms. The Labute approximate surface area is 206 Å². The minimum Gasteiger partial charge on any atom is -0.445 e. The summed E-state index contributed by atoms with van der Waals surface area (Å²) >= 11 is 2.48. The van der Waals surface area contributed by atoms with Crippen LogP contribution in [0.2, 0.25) is 0 Å². The van der Waals surface area contributed by atoms with E-state index in [0.717, 1.165) is 54.8 Å². The first-order chi connectivity index (χ1) is 16.5. The van der Waals surface area contributed by atoms with E-state index in [1.807, 2.05) is 35.7 Å². The van der Waals surface area contributed by atoms with Gasteiger partial charge in [-0.25, -0.2) is 14.2 Å². The normalized spacial score (nSPS) is 10.2. The first kappa shape index (κ1) is 27.3. The lowest BCUT2D eigenvalue weighted by Crippen LogP contribution is -2.12. The quantitative estimate of drug-likeness (QED) is 0.216. The summed E-state index contributed by atoms with van der Waals surface area (Å²) < 4.78 is 20.4. The molecule has 2 amide bonds. The van der Waals surface area contributed by atoms with Crippen LogP contribution in [0.25, 0.3) is 11.3 Å². The average molecular weight is 506 g/mol. The fraction of sp³-hybridized carbons (Fsp3) is 0.261. The molecule has 182 valence electrons. The van der Waals surface area contributed by atoms with Gasteiger partial charge in [0.15, 0.2) is 5.13 Å². The van der Waals surface area contributed by atoms with Crippen molar-refractivity contribution >= 4 is 40.6 Å². The number of nitrogens with zero attached hydrogens (tertiary/aromatic N) is 1. The third-order valence-electron chi connectivity index (χ3n) is 4.38. The SMILES string of the molecule is NC(=O)OCc1ccccc1.NSNCCCCCC(=O)Nc1nc(-c2ccc(F)cc2)cs1. The highest BCUT2D eigenvalue weighted by molar-refractivity contribution is 7.95. The Balaban J connectivity index is 0.000000310. The van der Waals surface area contributed by atoms with Crippen molar-refractivity contribution in [3.8, 4) is 11.3 Å². The van der Waals surface area contributed by atoms with E-state index in [0.29, 0.717) is 11.6 Å². The number of amides is 2. The van der Waals surface area contributed by atoms with Crippen LogP contribution in [-0.4, -0.2) is 23.5 Å². The lowest BCUT2D eigenvalue weighted by molar-refractivity contribution is -0.116. The summed E-state index contributed by atoms with van der Waals surface area (Å²) in [5, 5.41) is 10.5. The van der Waals surface area contributed by atoms with Crippen LogP contribution in [0.3, 0.4) is 0 Å². The van der Waals surface area contributed by atoms with Crippen LogP contribution in [0.4, 0.5) is 14.3 Å². The average Bonchev–Trinajstić information content (AvgIpc) is 3.30. The Morgan fingerprint density at radius 1 is 1.06 bits per heavy atom. The van der Waals surface area contributed by atoms with E-state index in [-0.39, 0.29) is 18.3 Å². The van der Waals surface area contributed by atoms with Crippen molar-refractivity contribution in [1.82, 2.24) is 9.71 Å². The molecule has 0 fully saturated rings. The number of carbonyl (C=O) groups is 2. The van der Waals surface area contributed by atoms with Gasteiger partial charge >= 0.3 is 6.09 Å². The van der Waals surface area contributed by atoms with Gasteiger partial charge in [-0.2, -0.15) is 0 Å². The molecule has 0 bridgehead atoms. The molecule has 0 saturated carbocycles. The van der Waals surface area contributed by atoms with Gasteiger partial charge in [0.25, 0.3) is 0 Å². The van der Waals surface area contributed by atoms with Gasteiger partial charge in [0, 0.05) is 36.0 Å². The highest BCUT2D eigenvalue weighted by Gasteiger charge is 2.08. The van der Waals surface area contributed by atoms with Crippen molar-refractivity contribution in [2.24, 2.45) is 10.9 Å². The maximum absolute atomic E-state index is 12.9. The second-order valence-corrected chi connectivity index (χ2v) is 8.39. The number of ether oxygens (including phenoxy) is 1. The summed E-state index contributed by atoms with van der Waals surface area (Å²) in [6, 6.07) is 15.5. The lowest BCUT2D eigenvalue weighted by atomic mass is 10.2. The van der Waals surface area contributed by atoms with Crippen molar-refractivity contribution in [3.63, 3.8) is 0 Å². The minimum atomic E-state index is -0.742. The van der Waals surface area contributed by atoms with Crippen LogP contribution in [0.1, 0.15) is 31.2 Å². The standard InChI is InChI=1S/C15H19FN4OS2.C8H9NO2/c16-12-7-5-11(6-8-12)13-10-22-15(19-13)20-14(21)4-2-1-3-9-18-23-17;9-8(10)11-6-7-4-2-1-3-5-7/h5-8,10,18H,1-4,9,17H2,(H,19,20,21);1-5H,6H2,(H2,9,10). The third kappa shape index (κ3) is 11.2. The Morgan fingerprint density at radius 2 is 1.79 bits per heavy atom. The number of benzene rings is 2. The number of hydrogen-bond donors (Lipinski definition) is 4. The zero-order valence-electron chi connectivity index (χ0n) is 18.5. The van der Waals surface area contributed by atoms with Crippen LogP contribution in [0, 0.1) is 5.82 Å². The van der Waals surface area contributed by atoms with Gasteiger partial charge in [-0.3, -0.25) is 14.7 Å². The first-order valence-corrected chi connectivity index (χ1v) is 12.3. The van der Waals surface area contributed by atoms with Crippen LogP contribution in [-0.2, 0) is 16.1 Å². The number of unbranched alkanes of at least 4 members (excludes halogenated alkanes) is 2. The molecular formula is C23H28FN5O3S2. The molecule has 0 aliphatic heterocycles. The molecule has 0 saturated heterocycles. The molecular weight excluding hydrogens is 477 g/mol. The molecule has 34 heavy (non-hydrogen) atoms. The second-order valence-electron chi connectivity index (χ2n) is 7.01. The summed E-state index contributed by atoms with van der Waals surface area (Å²) in [4.78, 5) is 26.4.